The molecule has 13 heavy (non-hydrogen) atoms. The average molecular weight is 178 g/mol. The molecule has 1 nitrogen and oxygen atoms in total. The van der Waals surface area contributed by atoms with E-state index in [1.807, 2.05) is 45.0 Å². The van der Waals surface area contributed by atoms with Crippen LogP contribution in [-0.4, -0.2) is 5.11 Å². The standard InChI is InChI=1S/C10H12O.C2H6/c1-8-5-3-4-6-10(8)7-9(2)11;1-2/h3-7,11H,1-2H3;1-2H3/b9-7+;. The van der Waals surface area contributed by atoms with Gasteiger partial charge in [-0.3, -0.25) is 0 Å². The summed E-state index contributed by atoms with van der Waals surface area (Å²) in [6.07, 6.45) is 1.76. The second-order valence-electron chi connectivity index (χ2n) is 2.64. The molecule has 0 aliphatic rings. The molecule has 0 aliphatic carbocycles. The van der Waals surface area contributed by atoms with Crippen LogP contribution in [0, 0.1) is 6.92 Å². The minimum atomic E-state index is 0.347. The first-order valence-corrected chi connectivity index (χ1v) is 4.63. The number of allylic oxidation sites excluding steroid dienone is 1. The largest absolute Gasteiger partial charge is 0.513 e. The van der Waals surface area contributed by atoms with Gasteiger partial charge in [0.15, 0.2) is 0 Å². The van der Waals surface area contributed by atoms with Gasteiger partial charge in [0.05, 0.1) is 5.76 Å². The van der Waals surface area contributed by atoms with Crippen LogP contribution in [0.1, 0.15) is 31.9 Å². The molecule has 0 heterocycles. The van der Waals surface area contributed by atoms with Crippen LogP contribution < -0.4 is 0 Å². The van der Waals surface area contributed by atoms with Crippen LogP contribution in [0.5, 0.6) is 0 Å². The van der Waals surface area contributed by atoms with Gasteiger partial charge in [-0.2, -0.15) is 0 Å². The molecule has 0 aromatic heterocycles. The topological polar surface area (TPSA) is 20.2 Å². The van der Waals surface area contributed by atoms with E-state index < -0.39 is 0 Å². The van der Waals surface area contributed by atoms with Crippen molar-refractivity contribution in [2.45, 2.75) is 27.7 Å². The van der Waals surface area contributed by atoms with Crippen LogP contribution >= 0.6 is 0 Å². The maximum Gasteiger partial charge on any atom is 0.0897 e. The normalized spacial score (nSPS) is 10.3. The van der Waals surface area contributed by atoms with E-state index >= 15 is 0 Å². The Bertz CT molecular complexity index is 270. The lowest BCUT2D eigenvalue weighted by Gasteiger charge is -1.98. The fourth-order valence-electron chi connectivity index (χ4n) is 0.974. The molecular weight excluding hydrogens is 160 g/mol. The highest BCUT2D eigenvalue weighted by Crippen LogP contribution is 2.10. The van der Waals surface area contributed by atoms with Crippen LogP contribution in [0.25, 0.3) is 6.08 Å². The summed E-state index contributed by atoms with van der Waals surface area (Å²) in [6.45, 7) is 7.70. The third kappa shape index (κ3) is 4.36. The molecule has 0 saturated heterocycles. The van der Waals surface area contributed by atoms with Crippen LogP contribution in [0.4, 0.5) is 0 Å². The Kier molecular flexibility index (Phi) is 5.69. The quantitative estimate of drug-likeness (QED) is 0.646. The van der Waals surface area contributed by atoms with Gasteiger partial charge in [-0.15, -0.1) is 0 Å². The molecule has 1 N–H and O–H groups in total. The zero-order valence-corrected chi connectivity index (χ0v) is 8.83. The average Bonchev–Trinajstić information content (AvgIpc) is 2.12. The van der Waals surface area contributed by atoms with Crippen molar-refractivity contribution in [3.8, 4) is 0 Å². The SMILES string of the molecule is C/C(O)=C\c1ccccc1C.CC. The lowest BCUT2D eigenvalue weighted by Crippen LogP contribution is -1.79. The number of hydrogen-bond donors (Lipinski definition) is 1. The molecule has 1 rings (SSSR count). The Morgan fingerprint density at radius 2 is 1.77 bits per heavy atom. The number of aryl methyl sites for hydroxylation is 1. The van der Waals surface area contributed by atoms with E-state index in [2.05, 4.69) is 0 Å². The Hall–Kier alpha value is -1.24. The summed E-state index contributed by atoms with van der Waals surface area (Å²) in [7, 11) is 0. The molecule has 1 aromatic carbocycles. The summed E-state index contributed by atoms with van der Waals surface area (Å²) >= 11 is 0. The minimum absolute atomic E-state index is 0.347. The molecule has 0 amide bonds. The monoisotopic (exact) mass is 178 g/mol. The summed E-state index contributed by atoms with van der Waals surface area (Å²) < 4.78 is 0. The van der Waals surface area contributed by atoms with Crippen LogP contribution in [0.2, 0.25) is 0 Å². The number of aliphatic hydroxyl groups is 1. The van der Waals surface area contributed by atoms with E-state index in [0.29, 0.717) is 5.76 Å². The molecule has 0 bridgehead atoms. The van der Waals surface area contributed by atoms with Gasteiger partial charge < -0.3 is 5.11 Å². The van der Waals surface area contributed by atoms with Gasteiger partial charge in [0.1, 0.15) is 0 Å². The van der Waals surface area contributed by atoms with E-state index in [4.69, 9.17) is 5.11 Å². The number of aliphatic hydroxyl groups excluding tert-OH is 1. The fourth-order valence-corrected chi connectivity index (χ4v) is 0.974. The van der Waals surface area contributed by atoms with Crippen molar-refractivity contribution in [2.24, 2.45) is 0 Å². The van der Waals surface area contributed by atoms with E-state index in [0.717, 1.165) is 5.56 Å². The van der Waals surface area contributed by atoms with Gasteiger partial charge in [-0.1, -0.05) is 38.1 Å². The third-order valence-corrected chi connectivity index (χ3v) is 1.55. The second kappa shape index (κ2) is 6.30. The van der Waals surface area contributed by atoms with E-state index in [-0.39, 0.29) is 0 Å². The van der Waals surface area contributed by atoms with E-state index in [1.165, 1.54) is 5.56 Å². The lowest BCUT2D eigenvalue weighted by molar-refractivity contribution is 0.420. The van der Waals surface area contributed by atoms with Gasteiger partial charge >= 0.3 is 0 Å². The van der Waals surface area contributed by atoms with Crippen molar-refractivity contribution in [2.75, 3.05) is 0 Å². The molecule has 1 aromatic rings. The molecule has 0 saturated carbocycles. The van der Waals surface area contributed by atoms with Crippen LogP contribution in [-0.2, 0) is 0 Å². The smallest absolute Gasteiger partial charge is 0.0897 e. The fraction of sp³-hybridized carbons (Fsp3) is 0.333. The van der Waals surface area contributed by atoms with E-state index in [1.54, 1.807) is 13.0 Å². The first-order chi connectivity index (χ1) is 6.20. The highest BCUT2D eigenvalue weighted by molar-refractivity contribution is 5.54. The summed E-state index contributed by atoms with van der Waals surface area (Å²) in [5, 5.41) is 8.99. The molecule has 1 heteroatoms. The Balaban J connectivity index is 0.000000671. The second-order valence-corrected chi connectivity index (χ2v) is 2.64. The van der Waals surface area contributed by atoms with Gasteiger partial charge in [-0.05, 0) is 31.1 Å². The van der Waals surface area contributed by atoms with Crippen molar-refractivity contribution in [1.29, 1.82) is 0 Å². The Morgan fingerprint density at radius 1 is 1.23 bits per heavy atom. The first-order valence-electron chi connectivity index (χ1n) is 4.63. The third-order valence-electron chi connectivity index (χ3n) is 1.55. The predicted molar refractivity (Wildman–Crippen MR) is 58.8 cm³/mol. The first kappa shape index (κ1) is 11.8. The van der Waals surface area contributed by atoms with Gasteiger partial charge in [0, 0.05) is 0 Å². The summed E-state index contributed by atoms with van der Waals surface area (Å²) in [5.74, 6) is 0.347. The highest BCUT2D eigenvalue weighted by Gasteiger charge is 1.91. The van der Waals surface area contributed by atoms with Crippen LogP contribution in [0.15, 0.2) is 30.0 Å². The highest BCUT2D eigenvalue weighted by atomic mass is 16.3. The molecule has 0 spiro atoms. The van der Waals surface area contributed by atoms with Gasteiger partial charge in [0.2, 0.25) is 0 Å². The van der Waals surface area contributed by atoms with Crippen molar-refractivity contribution >= 4 is 6.08 Å². The zero-order chi connectivity index (χ0) is 10.3. The Morgan fingerprint density at radius 3 is 2.23 bits per heavy atom. The molecule has 0 fully saturated rings. The maximum absolute atomic E-state index is 8.99. The van der Waals surface area contributed by atoms with E-state index in [9.17, 15) is 0 Å². The molecule has 0 radical (unpaired) electrons. The van der Waals surface area contributed by atoms with Crippen molar-refractivity contribution < 1.29 is 5.11 Å². The summed E-state index contributed by atoms with van der Waals surface area (Å²) in [6, 6.07) is 7.95. The number of benzene rings is 1. The Labute approximate surface area is 80.7 Å². The zero-order valence-electron chi connectivity index (χ0n) is 8.83. The maximum atomic E-state index is 8.99. The predicted octanol–water partition coefficient (Wildman–Crippen LogP) is 3.94. The summed E-state index contributed by atoms with van der Waals surface area (Å²) in [5.41, 5.74) is 2.26. The van der Waals surface area contributed by atoms with Gasteiger partial charge in [-0.25, -0.2) is 0 Å². The number of rotatable bonds is 1. The number of hydrogen-bond acceptors (Lipinski definition) is 1. The molecule has 0 atom stereocenters. The lowest BCUT2D eigenvalue weighted by atomic mass is 10.1. The molecule has 72 valence electrons. The van der Waals surface area contributed by atoms with Crippen molar-refractivity contribution in [1.82, 2.24) is 0 Å². The molecule has 0 aliphatic heterocycles. The summed E-state index contributed by atoms with van der Waals surface area (Å²) in [4.78, 5) is 0. The molecule has 0 unspecified atom stereocenters. The van der Waals surface area contributed by atoms with Crippen LogP contribution in [0.3, 0.4) is 0 Å². The van der Waals surface area contributed by atoms with Gasteiger partial charge in [0.25, 0.3) is 0 Å². The molecular formula is C12H18O. The minimum Gasteiger partial charge on any atom is -0.513 e. The van der Waals surface area contributed by atoms with Crippen molar-refractivity contribution in [3.63, 3.8) is 0 Å². The van der Waals surface area contributed by atoms with Crippen molar-refractivity contribution in [3.05, 3.63) is 41.2 Å².